The molecule has 1 atom stereocenters. The molecule has 6 rings (SSSR count). The predicted molar refractivity (Wildman–Crippen MR) is 143 cm³/mol. The van der Waals surface area contributed by atoms with Gasteiger partial charge >= 0.3 is 0 Å². The van der Waals surface area contributed by atoms with Gasteiger partial charge in [-0.25, -0.2) is 4.98 Å². The molecule has 5 aromatic rings. The summed E-state index contributed by atoms with van der Waals surface area (Å²) in [6.45, 7) is 0.488. The SMILES string of the molecule is O=C1[C@@H](Cc2nc3ccccc3c(=O)n2-c2ccc(Cl)cc2)c2ccccc2N1Cc1ccccc1. The van der Waals surface area contributed by atoms with Gasteiger partial charge in [0.1, 0.15) is 5.82 Å². The van der Waals surface area contributed by atoms with Crippen LogP contribution in [0.2, 0.25) is 5.02 Å². The Balaban J connectivity index is 1.46. The van der Waals surface area contributed by atoms with Gasteiger partial charge in [-0.3, -0.25) is 14.2 Å². The number of benzene rings is 4. The van der Waals surface area contributed by atoms with E-state index in [1.807, 2.05) is 77.7 Å². The van der Waals surface area contributed by atoms with Gasteiger partial charge in [-0.1, -0.05) is 72.3 Å². The Morgan fingerprint density at radius 3 is 2.28 bits per heavy atom. The van der Waals surface area contributed by atoms with E-state index < -0.39 is 5.92 Å². The summed E-state index contributed by atoms with van der Waals surface area (Å²) in [5.74, 6) is 0.0948. The van der Waals surface area contributed by atoms with Gasteiger partial charge in [0, 0.05) is 17.1 Å². The molecule has 0 saturated carbocycles. The smallest absolute Gasteiger partial charge is 0.265 e. The third-order valence-corrected chi connectivity index (χ3v) is 6.92. The molecule has 0 N–H and O–H groups in total. The lowest BCUT2D eigenvalue weighted by Crippen LogP contribution is -2.31. The molecule has 0 bridgehead atoms. The fourth-order valence-electron chi connectivity index (χ4n) is 4.95. The van der Waals surface area contributed by atoms with Crippen molar-refractivity contribution in [2.24, 2.45) is 0 Å². The second-order valence-electron chi connectivity index (χ2n) is 8.89. The van der Waals surface area contributed by atoms with E-state index in [0.717, 1.165) is 16.8 Å². The Labute approximate surface area is 213 Å². The molecule has 1 amide bonds. The first-order valence-electron chi connectivity index (χ1n) is 11.8. The molecular formula is C30H22ClN3O2. The van der Waals surface area contributed by atoms with Crippen molar-refractivity contribution in [1.29, 1.82) is 0 Å². The standard InChI is InChI=1S/C30H22ClN3O2/c31-21-14-16-22(17-15-21)34-28(32-26-12-6-4-11-24(26)30(34)36)18-25-23-10-5-7-13-27(23)33(29(25)35)19-20-8-2-1-3-9-20/h1-17,25H,18-19H2/t25-/m0/s1. The zero-order chi connectivity index (χ0) is 24.6. The monoisotopic (exact) mass is 491 g/mol. The second-order valence-corrected chi connectivity index (χ2v) is 9.32. The number of nitrogens with zero attached hydrogens (tertiary/aromatic N) is 3. The van der Waals surface area contributed by atoms with Crippen LogP contribution in [0.25, 0.3) is 16.6 Å². The molecule has 5 nitrogen and oxygen atoms in total. The highest BCUT2D eigenvalue weighted by atomic mass is 35.5. The Kier molecular flexibility index (Phi) is 5.62. The Morgan fingerprint density at radius 1 is 0.778 bits per heavy atom. The van der Waals surface area contributed by atoms with E-state index >= 15 is 0 Å². The van der Waals surface area contributed by atoms with Crippen molar-refractivity contribution in [3.05, 3.63) is 135 Å². The number of amides is 1. The maximum atomic E-state index is 13.8. The minimum absolute atomic E-state index is 0.00474. The summed E-state index contributed by atoms with van der Waals surface area (Å²) < 4.78 is 1.61. The van der Waals surface area contributed by atoms with Gasteiger partial charge < -0.3 is 4.90 Å². The van der Waals surface area contributed by atoms with Crippen LogP contribution in [-0.2, 0) is 17.8 Å². The number of anilines is 1. The topological polar surface area (TPSA) is 55.2 Å². The molecule has 1 aliphatic heterocycles. The number of fused-ring (bicyclic) bond motifs is 2. The maximum Gasteiger partial charge on any atom is 0.265 e. The minimum atomic E-state index is -0.448. The lowest BCUT2D eigenvalue weighted by atomic mass is 9.96. The summed E-state index contributed by atoms with van der Waals surface area (Å²) in [5, 5.41) is 1.11. The first-order chi connectivity index (χ1) is 17.6. The average molecular weight is 492 g/mol. The average Bonchev–Trinajstić information content (AvgIpc) is 3.16. The summed E-state index contributed by atoms with van der Waals surface area (Å²) in [6.07, 6.45) is 0.295. The van der Waals surface area contributed by atoms with Crippen molar-refractivity contribution >= 4 is 34.1 Å². The molecule has 0 aliphatic carbocycles. The molecule has 1 aromatic heterocycles. The van der Waals surface area contributed by atoms with Crippen LogP contribution >= 0.6 is 11.6 Å². The van der Waals surface area contributed by atoms with Crippen LogP contribution in [0.1, 0.15) is 22.9 Å². The fourth-order valence-corrected chi connectivity index (χ4v) is 5.07. The van der Waals surface area contributed by atoms with E-state index in [1.54, 1.807) is 34.9 Å². The van der Waals surface area contributed by atoms with Gasteiger partial charge in [-0.05, 0) is 53.6 Å². The van der Waals surface area contributed by atoms with E-state index in [9.17, 15) is 9.59 Å². The summed E-state index contributed by atoms with van der Waals surface area (Å²) in [7, 11) is 0. The van der Waals surface area contributed by atoms with Gasteiger partial charge in [0.15, 0.2) is 0 Å². The molecule has 176 valence electrons. The molecule has 0 radical (unpaired) electrons. The van der Waals surface area contributed by atoms with E-state index in [4.69, 9.17) is 16.6 Å². The zero-order valence-corrected chi connectivity index (χ0v) is 20.1. The van der Waals surface area contributed by atoms with E-state index in [-0.39, 0.29) is 11.5 Å². The second kappa shape index (κ2) is 9.10. The van der Waals surface area contributed by atoms with Gasteiger partial charge in [-0.15, -0.1) is 0 Å². The summed E-state index contributed by atoms with van der Waals surface area (Å²) in [5.41, 5.74) is 4.02. The van der Waals surface area contributed by atoms with Gasteiger partial charge in [0.25, 0.3) is 5.56 Å². The summed E-state index contributed by atoms with van der Waals surface area (Å²) >= 11 is 6.12. The summed E-state index contributed by atoms with van der Waals surface area (Å²) in [4.78, 5) is 34.1. The van der Waals surface area contributed by atoms with E-state index in [1.165, 1.54) is 0 Å². The lowest BCUT2D eigenvalue weighted by Gasteiger charge is -2.19. The van der Waals surface area contributed by atoms with Crippen LogP contribution in [0.15, 0.2) is 108 Å². The molecular weight excluding hydrogens is 470 g/mol. The molecule has 0 fully saturated rings. The number of halogens is 1. The number of aromatic nitrogens is 2. The summed E-state index contributed by atoms with van der Waals surface area (Å²) in [6, 6.07) is 32.2. The van der Waals surface area contributed by atoms with Gasteiger partial charge in [-0.2, -0.15) is 0 Å². The van der Waals surface area contributed by atoms with Crippen molar-refractivity contribution in [2.45, 2.75) is 18.9 Å². The number of carbonyl (C=O) groups excluding carboxylic acids is 1. The largest absolute Gasteiger partial charge is 0.307 e. The van der Waals surface area contributed by atoms with Crippen molar-refractivity contribution in [1.82, 2.24) is 9.55 Å². The molecule has 0 unspecified atom stereocenters. The number of carbonyl (C=O) groups is 1. The first-order valence-corrected chi connectivity index (χ1v) is 12.2. The predicted octanol–water partition coefficient (Wildman–Crippen LogP) is 5.91. The highest BCUT2D eigenvalue weighted by molar-refractivity contribution is 6.30. The van der Waals surface area contributed by atoms with Crippen LogP contribution in [0.5, 0.6) is 0 Å². The Hall–Kier alpha value is -4.22. The van der Waals surface area contributed by atoms with Gasteiger partial charge in [0.05, 0.1) is 29.1 Å². The zero-order valence-electron chi connectivity index (χ0n) is 19.3. The third kappa shape index (κ3) is 3.88. The van der Waals surface area contributed by atoms with Crippen molar-refractivity contribution < 1.29 is 4.79 Å². The number of hydrogen-bond donors (Lipinski definition) is 0. The number of hydrogen-bond acceptors (Lipinski definition) is 3. The number of para-hydroxylation sites is 2. The van der Waals surface area contributed by atoms with Crippen LogP contribution in [0.4, 0.5) is 5.69 Å². The highest BCUT2D eigenvalue weighted by Gasteiger charge is 2.38. The molecule has 4 aromatic carbocycles. The van der Waals surface area contributed by atoms with Crippen molar-refractivity contribution in [2.75, 3.05) is 4.90 Å². The van der Waals surface area contributed by atoms with Crippen LogP contribution < -0.4 is 10.5 Å². The first kappa shape index (κ1) is 22.3. The van der Waals surface area contributed by atoms with Crippen LogP contribution in [0, 0.1) is 0 Å². The van der Waals surface area contributed by atoms with E-state index in [0.29, 0.717) is 40.4 Å². The quantitative estimate of drug-likeness (QED) is 0.307. The third-order valence-electron chi connectivity index (χ3n) is 6.67. The van der Waals surface area contributed by atoms with Crippen LogP contribution in [-0.4, -0.2) is 15.5 Å². The molecule has 1 aliphatic rings. The van der Waals surface area contributed by atoms with E-state index in [2.05, 4.69) is 0 Å². The molecule has 6 heteroatoms. The minimum Gasteiger partial charge on any atom is -0.307 e. The normalized spacial score (nSPS) is 14.9. The van der Waals surface area contributed by atoms with Crippen molar-refractivity contribution in [3.8, 4) is 5.69 Å². The molecule has 2 heterocycles. The lowest BCUT2D eigenvalue weighted by molar-refractivity contribution is -0.119. The highest BCUT2D eigenvalue weighted by Crippen LogP contribution is 2.40. The molecule has 0 saturated heterocycles. The van der Waals surface area contributed by atoms with Crippen LogP contribution in [0.3, 0.4) is 0 Å². The van der Waals surface area contributed by atoms with Crippen molar-refractivity contribution in [3.63, 3.8) is 0 Å². The Morgan fingerprint density at radius 2 is 1.47 bits per heavy atom. The Bertz CT molecular complexity index is 1650. The molecule has 36 heavy (non-hydrogen) atoms. The number of rotatable bonds is 5. The maximum absolute atomic E-state index is 13.8. The fraction of sp³-hybridized carbons (Fsp3) is 0.100. The molecule has 0 spiro atoms. The van der Waals surface area contributed by atoms with Gasteiger partial charge in [0.2, 0.25) is 5.91 Å².